The maximum absolute atomic E-state index is 12.5. The fourth-order valence-corrected chi connectivity index (χ4v) is 4.50. The summed E-state index contributed by atoms with van der Waals surface area (Å²) in [5, 5.41) is 5.05. The van der Waals surface area contributed by atoms with E-state index in [-0.39, 0.29) is 21.5 Å². The van der Waals surface area contributed by atoms with Crippen molar-refractivity contribution >= 4 is 49.6 Å². The van der Waals surface area contributed by atoms with E-state index in [4.69, 9.17) is 0 Å². The summed E-state index contributed by atoms with van der Waals surface area (Å²) in [5.74, 6) is -0.154. The van der Waals surface area contributed by atoms with E-state index in [1.165, 1.54) is 22.8 Å². The Labute approximate surface area is 148 Å². The van der Waals surface area contributed by atoms with Gasteiger partial charge in [0.2, 0.25) is 5.43 Å². The van der Waals surface area contributed by atoms with Crippen molar-refractivity contribution in [2.75, 3.05) is 5.32 Å². The lowest BCUT2D eigenvalue weighted by Gasteiger charge is -2.22. The van der Waals surface area contributed by atoms with Crippen molar-refractivity contribution < 1.29 is 8.42 Å². The maximum atomic E-state index is 12.5. The SMILES string of the molecule is O=c1[nH]n2cccc2c(=O)c1=C1Nc2ccc(I)cc2S(=O)(=O)N1. The summed E-state index contributed by atoms with van der Waals surface area (Å²) < 4.78 is 29.2. The van der Waals surface area contributed by atoms with Crippen LogP contribution in [0.25, 0.3) is 11.3 Å². The van der Waals surface area contributed by atoms with E-state index in [9.17, 15) is 18.0 Å². The van der Waals surface area contributed by atoms with Gasteiger partial charge in [-0.15, -0.1) is 0 Å². The molecule has 0 saturated carbocycles. The zero-order chi connectivity index (χ0) is 17.1. The molecule has 2 aromatic heterocycles. The van der Waals surface area contributed by atoms with Crippen LogP contribution in [-0.4, -0.2) is 18.0 Å². The Bertz CT molecular complexity index is 1280. The Morgan fingerprint density at radius 2 is 1.92 bits per heavy atom. The molecule has 3 heterocycles. The van der Waals surface area contributed by atoms with E-state index < -0.39 is 21.0 Å². The van der Waals surface area contributed by atoms with Gasteiger partial charge < -0.3 is 5.32 Å². The molecule has 1 aliphatic heterocycles. The smallest absolute Gasteiger partial charge is 0.277 e. The van der Waals surface area contributed by atoms with Gasteiger partial charge in [-0.2, -0.15) is 0 Å². The Morgan fingerprint density at radius 1 is 1.12 bits per heavy atom. The number of sulfonamides is 1. The molecule has 24 heavy (non-hydrogen) atoms. The normalized spacial score (nSPS) is 17.9. The summed E-state index contributed by atoms with van der Waals surface area (Å²) in [5.41, 5.74) is -0.712. The molecule has 0 bridgehead atoms. The molecule has 0 amide bonds. The number of aromatic nitrogens is 2. The fraction of sp³-hybridized carbons (Fsp3) is 0. The second kappa shape index (κ2) is 5.08. The van der Waals surface area contributed by atoms with Crippen LogP contribution in [0.5, 0.6) is 0 Å². The van der Waals surface area contributed by atoms with Crippen LogP contribution in [0.4, 0.5) is 5.69 Å². The van der Waals surface area contributed by atoms with E-state index >= 15 is 0 Å². The minimum Gasteiger partial charge on any atom is -0.339 e. The van der Waals surface area contributed by atoms with Crippen molar-refractivity contribution in [1.82, 2.24) is 14.3 Å². The lowest BCUT2D eigenvalue weighted by atomic mass is 10.3. The molecule has 0 aliphatic carbocycles. The monoisotopic (exact) mass is 456 g/mol. The molecule has 3 N–H and O–H groups in total. The summed E-state index contributed by atoms with van der Waals surface area (Å²) in [6.45, 7) is 0. The molecule has 4 rings (SSSR count). The van der Waals surface area contributed by atoms with E-state index in [0.29, 0.717) is 5.69 Å². The third-order valence-electron chi connectivity index (χ3n) is 3.64. The number of aromatic amines is 1. The van der Waals surface area contributed by atoms with Crippen LogP contribution in [-0.2, 0) is 10.0 Å². The highest BCUT2D eigenvalue weighted by Crippen LogP contribution is 2.28. The minimum absolute atomic E-state index is 0.0609. The molecule has 8 nitrogen and oxygen atoms in total. The first-order chi connectivity index (χ1) is 11.4. The van der Waals surface area contributed by atoms with E-state index in [0.717, 1.165) is 3.57 Å². The number of nitrogens with zero attached hydrogens (tertiary/aromatic N) is 1. The van der Waals surface area contributed by atoms with Gasteiger partial charge in [-0.05, 0) is 52.9 Å². The van der Waals surface area contributed by atoms with Gasteiger partial charge in [0.15, 0.2) is 0 Å². The highest BCUT2D eigenvalue weighted by Gasteiger charge is 2.27. The van der Waals surface area contributed by atoms with Gasteiger partial charge in [0.25, 0.3) is 15.6 Å². The molecule has 0 spiro atoms. The first-order valence-electron chi connectivity index (χ1n) is 6.74. The van der Waals surface area contributed by atoms with E-state index in [1.54, 1.807) is 18.2 Å². The molecule has 1 aliphatic rings. The number of hydrogen-bond acceptors (Lipinski definition) is 5. The quantitative estimate of drug-likeness (QED) is 0.405. The third-order valence-corrected chi connectivity index (χ3v) is 5.70. The van der Waals surface area contributed by atoms with Crippen LogP contribution >= 0.6 is 22.6 Å². The average Bonchev–Trinajstić information content (AvgIpc) is 2.96. The molecule has 0 unspecified atom stereocenters. The zero-order valence-electron chi connectivity index (χ0n) is 11.8. The standard InChI is InChI=1S/C14H9IN4O4S/c15-7-3-4-8-10(6-7)24(22,23)18-13(16-8)11-12(20)9-2-1-5-19(9)17-14(11)21/h1-6,16,18H,(H,17,21). The lowest BCUT2D eigenvalue weighted by Crippen LogP contribution is -2.49. The molecule has 0 fully saturated rings. The third kappa shape index (κ3) is 2.21. The molecule has 0 radical (unpaired) electrons. The maximum Gasteiger partial charge on any atom is 0.277 e. The average molecular weight is 456 g/mol. The van der Waals surface area contributed by atoms with Crippen LogP contribution in [0.3, 0.4) is 0 Å². The minimum atomic E-state index is -3.89. The van der Waals surface area contributed by atoms with Crippen molar-refractivity contribution in [2.45, 2.75) is 4.90 Å². The summed E-state index contributed by atoms with van der Waals surface area (Å²) in [7, 11) is -3.89. The second-order valence-electron chi connectivity index (χ2n) is 5.15. The molecule has 1 aromatic carbocycles. The van der Waals surface area contributed by atoms with Crippen LogP contribution in [0, 0.1) is 3.57 Å². The number of H-pyrrole nitrogens is 1. The van der Waals surface area contributed by atoms with Crippen LogP contribution in [0.1, 0.15) is 0 Å². The van der Waals surface area contributed by atoms with Crippen molar-refractivity contribution in [3.05, 3.63) is 65.9 Å². The molecule has 10 heteroatoms. The number of fused-ring (bicyclic) bond motifs is 2. The summed E-state index contributed by atoms with van der Waals surface area (Å²) in [6.07, 6.45) is 1.53. The molecule has 0 saturated heterocycles. The molecule has 122 valence electrons. The molecule has 0 atom stereocenters. The lowest BCUT2D eigenvalue weighted by molar-refractivity contribution is 0.590. The van der Waals surface area contributed by atoms with E-state index in [1.807, 2.05) is 22.6 Å². The zero-order valence-corrected chi connectivity index (χ0v) is 14.8. The van der Waals surface area contributed by atoms with Gasteiger partial charge in [0.05, 0.1) is 5.69 Å². The Hall–Kier alpha value is -2.34. The van der Waals surface area contributed by atoms with Crippen molar-refractivity contribution in [1.29, 1.82) is 0 Å². The number of hydrogen-bond donors (Lipinski definition) is 3. The Kier molecular flexibility index (Phi) is 3.22. The van der Waals surface area contributed by atoms with Gasteiger partial charge in [0.1, 0.15) is 21.5 Å². The second-order valence-corrected chi connectivity index (χ2v) is 8.05. The van der Waals surface area contributed by atoms with Crippen LogP contribution in [0.15, 0.2) is 51.0 Å². The summed E-state index contributed by atoms with van der Waals surface area (Å²) in [4.78, 5) is 24.9. The summed E-state index contributed by atoms with van der Waals surface area (Å²) >= 11 is 2.00. The molecule has 3 aromatic rings. The fourth-order valence-electron chi connectivity index (χ4n) is 2.57. The topological polar surface area (TPSA) is 113 Å². The van der Waals surface area contributed by atoms with Crippen LogP contribution < -0.4 is 26.2 Å². The number of anilines is 1. The largest absolute Gasteiger partial charge is 0.339 e. The summed E-state index contributed by atoms with van der Waals surface area (Å²) in [6, 6.07) is 7.96. The van der Waals surface area contributed by atoms with Gasteiger partial charge in [0, 0.05) is 9.77 Å². The van der Waals surface area contributed by atoms with Crippen molar-refractivity contribution in [2.24, 2.45) is 0 Å². The van der Waals surface area contributed by atoms with Crippen molar-refractivity contribution in [3.63, 3.8) is 0 Å². The number of benzene rings is 1. The van der Waals surface area contributed by atoms with Gasteiger partial charge in [-0.1, -0.05) is 0 Å². The first kappa shape index (κ1) is 15.2. The predicted molar refractivity (Wildman–Crippen MR) is 96.0 cm³/mol. The van der Waals surface area contributed by atoms with Gasteiger partial charge in [-0.25, -0.2) is 8.42 Å². The Morgan fingerprint density at radius 3 is 2.71 bits per heavy atom. The number of rotatable bonds is 0. The highest BCUT2D eigenvalue weighted by molar-refractivity contribution is 14.1. The van der Waals surface area contributed by atoms with Crippen molar-refractivity contribution in [3.8, 4) is 0 Å². The number of nitrogens with one attached hydrogen (secondary N) is 3. The Balaban J connectivity index is 2.09. The number of halogens is 1. The molecular formula is C14H9IN4O4S. The molecular weight excluding hydrogens is 447 g/mol. The van der Waals surface area contributed by atoms with Gasteiger partial charge >= 0.3 is 0 Å². The highest BCUT2D eigenvalue weighted by atomic mass is 127. The van der Waals surface area contributed by atoms with E-state index in [2.05, 4.69) is 15.1 Å². The first-order valence-corrected chi connectivity index (χ1v) is 9.30. The van der Waals surface area contributed by atoms with Crippen LogP contribution in [0.2, 0.25) is 0 Å². The van der Waals surface area contributed by atoms with Gasteiger partial charge in [-0.3, -0.25) is 23.9 Å². The predicted octanol–water partition coefficient (Wildman–Crippen LogP) is -0.219.